The molecular formula is C20H29N3O3. The molecule has 6 nitrogen and oxygen atoms in total. The topological polar surface area (TPSA) is 54.0 Å². The molecule has 0 radical (unpaired) electrons. The number of fused-ring (bicyclic) bond motifs is 1. The van der Waals surface area contributed by atoms with Crippen molar-refractivity contribution in [2.24, 2.45) is 0 Å². The summed E-state index contributed by atoms with van der Waals surface area (Å²) >= 11 is 0. The Morgan fingerprint density at radius 1 is 1.15 bits per heavy atom. The maximum atomic E-state index is 12.9. The van der Waals surface area contributed by atoms with Crippen molar-refractivity contribution in [1.82, 2.24) is 15.1 Å². The Bertz CT molecular complexity index is 639. The number of rotatable bonds is 3. The molecule has 3 aliphatic rings. The summed E-state index contributed by atoms with van der Waals surface area (Å²) in [7, 11) is 0. The molecule has 3 aliphatic heterocycles. The number of amides is 2. The normalized spacial score (nSPS) is 25.7. The van der Waals surface area contributed by atoms with Crippen LogP contribution >= 0.6 is 0 Å². The fourth-order valence-electron chi connectivity index (χ4n) is 4.56. The number of ether oxygens (including phenoxy) is 2. The highest BCUT2D eigenvalue weighted by Crippen LogP contribution is 2.33. The highest BCUT2D eigenvalue weighted by atomic mass is 16.5. The number of carbonyl (C=O) groups excluding carboxylic acids is 1. The largest absolute Gasteiger partial charge is 0.381 e. The van der Waals surface area contributed by atoms with Gasteiger partial charge >= 0.3 is 6.03 Å². The first kappa shape index (κ1) is 17.8. The molecule has 6 heteroatoms. The average molecular weight is 359 g/mol. The van der Waals surface area contributed by atoms with Crippen molar-refractivity contribution >= 4 is 6.03 Å². The van der Waals surface area contributed by atoms with Gasteiger partial charge in [0.05, 0.1) is 19.3 Å². The summed E-state index contributed by atoms with van der Waals surface area (Å²) in [6, 6.07) is 8.50. The molecule has 2 amide bonds. The van der Waals surface area contributed by atoms with Gasteiger partial charge < -0.3 is 19.7 Å². The Kier molecular flexibility index (Phi) is 5.16. The molecule has 0 spiro atoms. The van der Waals surface area contributed by atoms with E-state index >= 15 is 0 Å². The second-order valence-corrected chi connectivity index (χ2v) is 7.60. The van der Waals surface area contributed by atoms with Crippen LogP contribution in [0, 0.1) is 0 Å². The summed E-state index contributed by atoms with van der Waals surface area (Å²) in [6.45, 7) is 8.41. The molecule has 1 N–H and O–H groups in total. The van der Waals surface area contributed by atoms with Gasteiger partial charge in [-0.3, -0.25) is 4.90 Å². The number of hydrogen-bond donors (Lipinski definition) is 1. The summed E-state index contributed by atoms with van der Waals surface area (Å²) in [5.74, 6) is 0. The SMILES string of the molecule is CC1c2ccccc2CN1C(=O)NCC1(N2CCOCC2)CCOCC1. The van der Waals surface area contributed by atoms with Crippen LogP contribution in [0.3, 0.4) is 0 Å². The van der Waals surface area contributed by atoms with Crippen molar-refractivity contribution < 1.29 is 14.3 Å². The molecular weight excluding hydrogens is 330 g/mol. The molecule has 1 aromatic carbocycles. The molecule has 4 rings (SSSR count). The molecule has 2 fully saturated rings. The monoisotopic (exact) mass is 359 g/mol. The van der Waals surface area contributed by atoms with E-state index in [1.54, 1.807) is 0 Å². The number of benzene rings is 1. The number of urea groups is 1. The Hall–Kier alpha value is -1.63. The molecule has 1 unspecified atom stereocenters. The number of nitrogens with zero attached hydrogens (tertiary/aromatic N) is 2. The van der Waals surface area contributed by atoms with Crippen LogP contribution in [0.25, 0.3) is 0 Å². The van der Waals surface area contributed by atoms with Crippen molar-refractivity contribution in [1.29, 1.82) is 0 Å². The molecule has 0 bridgehead atoms. The minimum atomic E-state index is -0.00644. The van der Waals surface area contributed by atoms with Crippen LogP contribution in [0.15, 0.2) is 24.3 Å². The van der Waals surface area contributed by atoms with Gasteiger partial charge in [-0.25, -0.2) is 4.79 Å². The Labute approximate surface area is 155 Å². The van der Waals surface area contributed by atoms with E-state index in [1.165, 1.54) is 11.1 Å². The lowest BCUT2D eigenvalue weighted by Gasteiger charge is -2.48. The van der Waals surface area contributed by atoms with Gasteiger partial charge in [0.1, 0.15) is 0 Å². The quantitative estimate of drug-likeness (QED) is 0.899. The summed E-state index contributed by atoms with van der Waals surface area (Å²) in [5, 5.41) is 3.25. The van der Waals surface area contributed by atoms with Gasteiger partial charge in [-0.05, 0) is 30.9 Å². The molecule has 2 saturated heterocycles. The first-order valence-corrected chi connectivity index (χ1v) is 9.72. The Morgan fingerprint density at radius 3 is 2.58 bits per heavy atom. The van der Waals surface area contributed by atoms with E-state index in [-0.39, 0.29) is 17.6 Å². The first-order chi connectivity index (χ1) is 12.7. The van der Waals surface area contributed by atoms with Gasteiger partial charge in [-0.2, -0.15) is 0 Å². The van der Waals surface area contributed by atoms with Crippen LogP contribution in [0.4, 0.5) is 4.79 Å². The summed E-state index contributed by atoms with van der Waals surface area (Å²) < 4.78 is 11.1. The van der Waals surface area contributed by atoms with E-state index in [0.29, 0.717) is 13.1 Å². The summed E-state index contributed by atoms with van der Waals surface area (Å²) in [6.07, 6.45) is 1.92. The average Bonchev–Trinajstić information content (AvgIpc) is 3.05. The van der Waals surface area contributed by atoms with E-state index in [1.807, 2.05) is 17.0 Å². The van der Waals surface area contributed by atoms with Crippen LogP contribution in [0.5, 0.6) is 0 Å². The third-order valence-corrected chi connectivity index (χ3v) is 6.25. The van der Waals surface area contributed by atoms with Gasteiger partial charge in [0.25, 0.3) is 0 Å². The molecule has 3 heterocycles. The number of morpholine rings is 1. The lowest BCUT2D eigenvalue weighted by Crippen LogP contribution is -2.61. The van der Waals surface area contributed by atoms with Crippen molar-refractivity contribution in [3.63, 3.8) is 0 Å². The molecule has 1 aromatic rings. The van der Waals surface area contributed by atoms with Gasteiger partial charge in [0.2, 0.25) is 0 Å². The second kappa shape index (κ2) is 7.55. The smallest absolute Gasteiger partial charge is 0.318 e. The van der Waals surface area contributed by atoms with E-state index < -0.39 is 0 Å². The predicted molar refractivity (Wildman–Crippen MR) is 99.0 cm³/mol. The van der Waals surface area contributed by atoms with Crippen molar-refractivity contribution in [3.8, 4) is 0 Å². The third-order valence-electron chi connectivity index (χ3n) is 6.25. The number of hydrogen-bond acceptors (Lipinski definition) is 4. The van der Waals surface area contributed by atoms with E-state index in [4.69, 9.17) is 9.47 Å². The molecule has 26 heavy (non-hydrogen) atoms. The number of nitrogens with one attached hydrogen (secondary N) is 1. The fraction of sp³-hybridized carbons (Fsp3) is 0.650. The van der Waals surface area contributed by atoms with Crippen LogP contribution in [0.2, 0.25) is 0 Å². The van der Waals surface area contributed by atoms with E-state index in [9.17, 15) is 4.79 Å². The Morgan fingerprint density at radius 2 is 1.85 bits per heavy atom. The zero-order valence-corrected chi connectivity index (χ0v) is 15.6. The standard InChI is InChI=1S/C20H29N3O3/c1-16-18-5-3-2-4-17(18)14-23(16)19(24)21-15-20(6-10-25-11-7-20)22-8-12-26-13-9-22/h2-5,16H,6-15H2,1H3,(H,21,24). The van der Waals surface area contributed by atoms with Crippen LogP contribution in [-0.2, 0) is 16.0 Å². The molecule has 0 aromatic heterocycles. The van der Waals surface area contributed by atoms with Crippen LogP contribution in [0.1, 0.15) is 36.9 Å². The van der Waals surface area contributed by atoms with Crippen molar-refractivity contribution in [2.75, 3.05) is 46.1 Å². The molecule has 0 saturated carbocycles. The lowest BCUT2D eigenvalue weighted by molar-refractivity contribution is -0.0694. The Balaban J connectivity index is 1.42. The third kappa shape index (κ3) is 3.33. The minimum Gasteiger partial charge on any atom is -0.381 e. The van der Waals surface area contributed by atoms with Crippen molar-refractivity contribution in [3.05, 3.63) is 35.4 Å². The maximum absolute atomic E-state index is 12.9. The highest BCUT2D eigenvalue weighted by Gasteiger charge is 2.40. The lowest BCUT2D eigenvalue weighted by atomic mass is 9.87. The van der Waals surface area contributed by atoms with Crippen LogP contribution in [-0.4, -0.2) is 67.4 Å². The highest BCUT2D eigenvalue weighted by molar-refractivity contribution is 5.76. The zero-order chi connectivity index (χ0) is 18.0. The molecule has 142 valence electrons. The van der Waals surface area contributed by atoms with Gasteiger partial charge in [-0.15, -0.1) is 0 Å². The van der Waals surface area contributed by atoms with Gasteiger partial charge in [-0.1, -0.05) is 24.3 Å². The first-order valence-electron chi connectivity index (χ1n) is 9.72. The van der Waals surface area contributed by atoms with E-state index in [2.05, 4.69) is 29.3 Å². The van der Waals surface area contributed by atoms with Gasteiger partial charge in [0.15, 0.2) is 0 Å². The van der Waals surface area contributed by atoms with E-state index in [0.717, 1.165) is 52.4 Å². The number of carbonyl (C=O) groups is 1. The second-order valence-electron chi connectivity index (χ2n) is 7.60. The van der Waals surface area contributed by atoms with Crippen LogP contribution < -0.4 is 5.32 Å². The molecule has 0 aliphatic carbocycles. The fourth-order valence-corrected chi connectivity index (χ4v) is 4.56. The minimum absolute atomic E-state index is 0.00644. The predicted octanol–water partition coefficient (Wildman–Crippen LogP) is 2.15. The zero-order valence-electron chi connectivity index (χ0n) is 15.6. The van der Waals surface area contributed by atoms with Crippen molar-refractivity contribution in [2.45, 2.75) is 37.9 Å². The maximum Gasteiger partial charge on any atom is 0.318 e. The summed E-state index contributed by atoms with van der Waals surface area (Å²) in [4.78, 5) is 17.4. The van der Waals surface area contributed by atoms with Gasteiger partial charge in [0, 0.05) is 44.9 Å². The molecule has 1 atom stereocenters. The summed E-state index contributed by atoms with van der Waals surface area (Å²) in [5.41, 5.74) is 2.51.